The molecule has 144 valence electrons. The third-order valence-electron chi connectivity index (χ3n) is 4.73. The highest BCUT2D eigenvalue weighted by Gasteiger charge is 2.19. The van der Waals surface area contributed by atoms with Gasteiger partial charge in [-0.15, -0.1) is 0 Å². The number of nitrogens with one attached hydrogen (secondary N) is 1. The van der Waals surface area contributed by atoms with E-state index in [1.54, 1.807) is 0 Å². The minimum absolute atomic E-state index is 0.0389. The van der Waals surface area contributed by atoms with Crippen LogP contribution in [0.1, 0.15) is 18.1 Å². The van der Waals surface area contributed by atoms with Crippen LogP contribution in [0.3, 0.4) is 0 Å². The van der Waals surface area contributed by atoms with E-state index in [0.29, 0.717) is 16.9 Å². The van der Waals surface area contributed by atoms with Gasteiger partial charge in [-0.25, -0.2) is 4.98 Å². The van der Waals surface area contributed by atoms with Crippen molar-refractivity contribution in [3.05, 3.63) is 57.8 Å². The van der Waals surface area contributed by atoms with Gasteiger partial charge in [0.1, 0.15) is 10.3 Å². The molecule has 1 aromatic carbocycles. The highest BCUT2D eigenvalue weighted by Crippen LogP contribution is 2.18. The number of hydrogen-bond acceptors (Lipinski definition) is 4. The molecule has 1 aliphatic heterocycles. The van der Waals surface area contributed by atoms with E-state index in [1.807, 2.05) is 36.4 Å². The van der Waals surface area contributed by atoms with Crippen molar-refractivity contribution in [1.29, 1.82) is 0 Å². The maximum absolute atomic E-state index is 12.4. The largest absolute Gasteiger partial charge is 0.325 e. The van der Waals surface area contributed by atoms with Crippen LogP contribution in [0.5, 0.6) is 0 Å². The Kier molecular flexibility index (Phi) is 7.07. The van der Waals surface area contributed by atoms with Crippen LogP contribution in [0.2, 0.25) is 10.3 Å². The van der Waals surface area contributed by atoms with E-state index in [0.717, 1.165) is 56.0 Å². The lowest BCUT2D eigenvalue weighted by Crippen LogP contribution is -2.48. The van der Waals surface area contributed by atoms with Gasteiger partial charge in [-0.3, -0.25) is 14.6 Å². The summed E-state index contributed by atoms with van der Waals surface area (Å²) in [5, 5.41) is 3.88. The molecule has 1 aromatic heterocycles. The van der Waals surface area contributed by atoms with Gasteiger partial charge < -0.3 is 5.32 Å². The number of benzene rings is 1. The first kappa shape index (κ1) is 20.1. The average molecular weight is 407 g/mol. The zero-order chi connectivity index (χ0) is 19.2. The molecular weight excluding hydrogens is 383 g/mol. The molecule has 0 unspecified atom stereocenters. The fourth-order valence-electron chi connectivity index (χ4n) is 3.31. The second-order valence-electron chi connectivity index (χ2n) is 6.73. The summed E-state index contributed by atoms with van der Waals surface area (Å²) in [4.78, 5) is 20.9. The Morgan fingerprint density at radius 1 is 1.07 bits per heavy atom. The summed E-state index contributed by atoms with van der Waals surface area (Å²) in [5.74, 6) is 0.0389. The number of para-hydroxylation sites is 1. The van der Waals surface area contributed by atoms with E-state index < -0.39 is 0 Å². The molecule has 1 saturated heterocycles. The zero-order valence-electron chi connectivity index (χ0n) is 15.4. The molecule has 2 heterocycles. The van der Waals surface area contributed by atoms with Gasteiger partial charge in [0, 0.05) is 38.4 Å². The first-order valence-corrected chi connectivity index (χ1v) is 9.93. The Balaban J connectivity index is 1.47. The number of pyridine rings is 1. The van der Waals surface area contributed by atoms with Crippen LogP contribution in [-0.2, 0) is 17.8 Å². The van der Waals surface area contributed by atoms with Crippen LogP contribution in [0.15, 0.2) is 36.4 Å². The number of carbonyl (C=O) groups excluding carboxylic acids is 1. The number of piperazine rings is 1. The normalized spacial score (nSPS) is 15.7. The molecule has 1 N–H and O–H groups in total. The van der Waals surface area contributed by atoms with Crippen molar-refractivity contribution in [3.8, 4) is 0 Å². The summed E-state index contributed by atoms with van der Waals surface area (Å²) in [6, 6.07) is 11.6. The van der Waals surface area contributed by atoms with Crippen LogP contribution in [0, 0.1) is 0 Å². The van der Waals surface area contributed by atoms with Gasteiger partial charge in [0.15, 0.2) is 0 Å². The van der Waals surface area contributed by atoms with Crippen molar-refractivity contribution in [2.45, 2.75) is 19.9 Å². The van der Waals surface area contributed by atoms with Crippen LogP contribution in [-0.4, -0.2) is 53.4 Å². The van der Waals surface area contributed by atoms with Crippen LogP contribution in [0.4, 0.5) is 5.69 Å². The highest BCUT2D eigenvalue weighted by molar-refractivity contribution is 6.32. The molecule has 5 nitrogen and oxygen atoms in total. The summed E-state index contributed by atoms with van der Waals surface area (Å²) in [6.45, 7) is 6.80. The first-order valence-electron chi connectivity index (χ1n) is 9.18. The molecule has 0 aliphatic carbocycles. The number of aromatic nitrogens is 1. The molecule has 7 heteroatoms. The number of carbonyl (C=O) groups is 1. The lowest BCUT2D eigenvalue weighted by molar-refractivity contribution is -0.117. The molecule has 0 bridgehead atoms. The van der Waals surface area contributed by atoms with Gasteiger partial charge in [0.25, 0.3) is 0 Å². The van der Waals surface area contributed by atoms with Gasteiger partial charge in [0.2, 0.25) is 5.91 Å². The molecule has 27 heavy (non-hydrogen) atoms. The van der Waals surface area contributed by atoms with Crippen molar-refractivity contribution < 1.29 is 4.79 Å². The predicted molar refractivity (Wildman–Crippen MR) is 110 cm³/mol. The third kappa shape index (κ3) is 5.91. The van der Waals surface area contributed by atoms with Gasteiger partial charge in [-0.1, -0.05) is 48.3 Å². The second-order valence-corrected chi connectivity index (χ2v) is 7.51. The van der Waals surface area contributed by atoms with Crippen LogP contribution in [0.25, 0.3) is 0 Å². The van der Waals surface area contributed by atoms with Gasteiger partial charge in [0.05, 0.1) is 6.54 Å². The monoisotopic (exact) mass is 406 g/mol. The summed E-state index contributed by atoms with van der Waals surface area (Å²) in [6.07, 6.45) is 0.901. The molecule has 2 aromatic rings. The quantitative estimate of drug-likeness (QED) is 0.742. The van der Waals surface area contributed by atoms with Crippen LogP contribution < -0.4 is 5.32 Å². The second kappa shape index (κ2) is 9.51. The fraction of sp³-hybridized carbons (Fsp3) is 0.400. The number of aryl methyl sites for hydroxylation is 1. The van der Waals surface area contributed by atoms with E-state index >= 15 is 0 Å². The molecule has 0 radical (unpaired) electrons. The maximum atomic E-state index is 12.4. The molecular formula is C20H24Cl2N4O. The van der Waals surface area contributed by atoms with E-state index in [2.05, 4.69) is 27.0 Å². The first-order chi connectivity index (χ1) is 13.0. The topological polar surface area (TPSA) is 48.5 Å². The van der Waals surface area contributed by atoms with Crippen molar-refractivity contribution in [2.24, 2.45) is 0 Å². The lowest BCUT2D eigenvalue weighted by Gasteiger charge is -2.34. The third-order valence-corrected chi connectivity index (χ3v) is 5.12. The van der Waals surface area contributed by atoms with Gasteiger partial charge in [-0.05, 0) is 35.7 Å². The molecule has 1 fully saturated rings. The SMILES string of the molecule is CCc1ccccc1NC(=O)CN1CCN(Cc2cc(Cl)nc(Cl)c2)CC1. The summed E-state index contributed by atoms with van der Waals surface area (Å²) >= 11 is 11.9. The summed E-state index contributed by atoms with van der Waals surface area (Å²) < 4.78 is 0. The van der Waals surface area contributed by atoms with Crippen molar-refractivity contribution in [2.75, 3.05) is 38.0 Å². The highest BCUT2D eigenvalue weighted by atomic mass is 35.5. The number of amides is 1. The van der Waals surface area contributed by atoms with Crippen molar-refractivity contribution in [1.82, 2.24) is 14.8 Å². The molecule has 1 amide bonds. The van der Waals surface area contributed by atoms with E-state index in [9.17, 15) is 4.79 Å². The number of halogens is 2. The predicted octanol–water partition coefficient (Wildman–Crippen LogP) is 3.71. The minimum atomic E-state index is 0.0389. The van der Waals surface area contributed by atoms with E-state index in [4.69, 9.17) is 23.2 Å². The number of anilines is 1. The fourth-order valence-corrected chi connectivity index (χ4v) is 3.82. The molecule has 0 atom stereocenters. The number of rotatable bonds is 6. The summed E-state index contributed by atoms with van der Waals surface area (Å²) in [7, 11) is 0. The Morgan fingerprint density at radius 3 is 2.37 bits per heavy atom. The Labute approximate surface area is 170 Å². The molecule has 3 rings (SSSR count). The Hall–Kier alpha value is -1.66. The van der Waals surface area contributed by atoms with Crippen molar-refractivity contribution >= 4 is 34.8 Å². The van der Waals surface area contributed by atoms with Gasteiger partial charge in [-0.2, -0.15) is 0 Å². The number of hydrogen-bond donors (Lipinski definition) is 1. The van der Waals surface area contributed by atoms with Crippen LogP contribution >= 0.6 is 23.2 Å². The van der Waals surface area contributed by atoms with E-state index in [-0.39, 0.29) is 5.91 Å². The Bertz CT molecular complexity index is 771. The molecule has 0 spiro atoms. The number of nitrogens with zero attached hydrogens (tertiary/aromatic N) is 3. The maximum Gasteiger partial charge on any atom is 0.238 e. The van der Waals surface area contributed by atoms with E-state index in [1.165, 1.54) is 0 Å². The Morgan fingerprint density at radius 2 is 1.70 bits per heavy atom. The standard InChI is InChI=1S/C20H24Cl2N4O/c1-2-16-5-3-4-6-17(16)23-20(27)14-26-9-7-25(8-10-26)13-15-11-18(21)24-19(22)12-15/h3-6,11-12H,2,7-10,13-14H2,1H3,(H,23,27). The smallest absolute Gasteiger partial charge is 0.238 e. The van der Waals surface area contributed by atoms with Gasteiger partial charge >= 0.3 is 0 Å². The van der Waals surface area contributed by atoms with Crippen molar-refractivity contribution in [3.63, 3.8) is 0 Å². The zero-order valence-corrected chi connectivity index (χ0v) is 16.9. The molecule has 0 saturated carbocycles. The lowest BCUT2D eigenvalue weighted by atomic mass is 10.1. The molecule has 1 aliphatic rings. The average Bonchev–Trinajstić information content (AvgIpc) is 2.63. The summed E-state index contributed by atoms with van der Waals surface area (Å²) in [5.41, 5.74) is 3.13. The minimum Gasteiger partial charge on any atom is -0.325 e.